The second-order valence-electron chi connectivity index (χ2n) is 6.82. The maximum atomic E-state index is 13.0. The molecule has 0 saturated carbocycles. The Balaban J connectivity index is 0.000000990. The molecule has 0 amide bonds. The van der Waals surface area contributed by atoms with E-state index >= 15 is 0 Å². The number of aliphatic hydroxyl groups excluding tert-OH is 1. The molecule has 3 N–H and O–H groups in total. The first-order valence-corrected chi connectivity index (χ1v) is 8.64. The van der Waals surface area contributed by atoms with Crippen LogP contribution in [0.5, 0.6) is 17.2 Å². The number of Topliss-reactive ketones (excluding diaryl/α,β-unsaturated/α-hetero) is 3. The molecule has 0 bridgehead atoms. The van der Waals surface area contributed by atoms with Crippen LogP contribution in [0, 0.1) is 12.8 Å². The zero-order chi connectivity index (χ0) is 21.5. The third kappa shape index (κ3) is 3.66. The summed E-state index contributed by atoms with van der Waals surface area (Å²) < 4.78 is 5.56. The van der Waals surface area contributed by atoms with Crippen LogP contribution in [-0.2, 0) is 19.8 Å². The van der Waals surface area contributed by atoms with Crippen LogP contribution in [0.15, 0.2) is 11.8 Å². The molecule has 0 radical (unpaired) electrons. The van der Waals surface area contributed by atoms with Crippen molar-refractivity contribution in [3.63, 3.8) is 0 Å². The van der Waals surface area contributed by atoms with Crippen molar-refractivity contribution in [2.24, 2.45) is 5.92 Å². The molecule has 0 aromatic heterocycles. The standard InChI is InChI=1S/C18H16O7.C2H6O.Na.H/c1-6-14(22)12(8(3)20)16-13(15(6)23)18(4)10(25-16)5-9(21)11(7(2)19)17(18)24;1-2-3;;/h5,11,22-23H,1-4H3;3H,2H2,1H3;;. The minimum atomic E-state index is -1.59. The van der Waals surface area contributed by atoms with Crippen molar-refractivity contribution in [1.82, 2.24) is 0 Å². The monoisotopic (exact) mass is 414 g/mol. The van der Waals surface area contributed by atoms with Gasteiger partial charge in [0, 0.05) is 18.2 Å². The molecule has 3 rings (SSSR count). The summed E-state index contributed by atoms with van der Waals surface area (Å²) >= 11 is 0. The summed E-state index contributed by atoms with van der Waals surface area (Å²) in [6.45, 7) is 7.10. The molecular formula is C20H23NaO8. The molecule has 2 aliphatic rings. The molecule has 2 atom stereocenters. The first-order chi connectivity index (χ1) is 12.9. The van der Waals surface area contributed by atoms with Crippen molar-refractivity contribution in [3.05, 3.63) is 28.5 Å². The summed E-state index contributed by atoms with van der Waals surface area (Å²) in [4.78, 5) is 48.8. The maximum absolute atomic E-state index is 13.0. The molecule has 1 aliphatic carbocycles. The number of allylic oxidation sites excluding steroid dienone is 2. The number of hydrogen-bond acceptors (Lipinski definition) is 8. The minimum absolute atomic E-state index is 0. The van der Waals surface area contributed by atoms with Gasteiger partial charge in [0.2, 0.25) is 0 Å². The summed E-state index contributed by atoms with van der Waals surface area (Å²) in [6, 6.07) is 0. The zero-order valence-corrected chi connectivity index (χ0v) is 16.2. The van der Waals surface area contributed by atoms with Crippen molar-refractivity contribution in [2.45, 2.75) is 40.0 Å². The number of carbonyl (C=O) groups excluding carboxylic acids is 4. The summed E-state index contributed by atoms with van der Waals surface area (Å²) in [7, 11) is 0. The number of fused-ring (bicyclic) bond motifs is 3. The SMILES string of the molecule is CC(=O)c1c(O)c(C)c(O)c2c1OC1=CC(=O)C(C(C)=O)C(=O)C12C.CCO.[NaH]. The number of benzene rings is 1. The Morgan fingerprint density at radius 3 is 2.14 bits per heavy atom. The summed E-state index contributed by atoms with van der Waals surface area (Å²) in [5.41, 5.74) is -1.77. The fraction of sp³-hybridized carbons (Fsp3) is 0.400. The van der Waals surface area contributed by atoms with Gasteiger partial charge in [-0.25, -0.2) is 0 Å². The second-order valence-corrected chi connectivity index (χ2v) is 6.82. The van der Waals surface area contributed by atoms with E-state index in [0.717, 1.165) is 13.0 Å². The van der Waals surface area contributed by atoms with Gasteiger partial charge in [-0.15, -0.1) is 0 Å². The molecule has 0 fully saturated rings. The number of carbonyl (C=O) groups is 4. The number of hydrogen-bond donors (Lipinski definition) is 3. The topological polar surface area (TPSA) is 138 Å². The number of phenols is 2. The molecule has 1 aliphatic heterocycles. The fourth-order valence-electron chi connectivity index (χ4n) is 3.49. The molecular weight excluding hydrogens is 391 g/mol. The van der Waals surface area contributed by atoms with Crippen LogP contribution < -0.4 is 4.74 Å². The number of ether oxygens (including phenoxy) is 1. The zero-order valence-electron chi connectivity index (χ0n) is 16.2. The van der Waals surface area contributed by atoms with Crippen molar-refractivity contribution in [3.8, 4) is 17.2 Å². The molecule has 1 aromatic carbocycles. The molecule has 152 valence electrons. The number of rotatable bonds is 2. The van der Waals surface area contributed by atoms with E-state index < -0.39 is 46.0 Å². The molecule has 1 aromatic rings. The Kier molecular flexibility index (Phi) is 7.59. The van der Waals surface area contributed by atoms with Gasteiger partial charge in [0.25, 0.3) is 0 Å². The Bertz CT molecular complexity index is 947. The third-order valence-corrected chi connectivity index (χ3v) is 4.91. The van der Waals surface area contributed by atoms with Gasteiger partial charge in [0.15, 0.2) is 17.3 Å². The van der Waals surface area contributed by atoms with Crippen LogP contribution in [-0.4, -0.2) is 74.6 Å². The average Bonchev–Trinajstić information content (AvgIpc) is 2.86. The number of aliphatic hydroxyl groups is 1. The molecule has 0 spiro atoms. The van der Waals surface area contributed by atoms with Gasteiger partial charge in [-0.05, 0) is 34.6 Å². The first-order valence-electron chi connectivity index (χ1n) is 8.64. The predicted octanol–water partition coefficient (Wildman–Crippen LogP) is 0.850. The van der Waals surface area contributed by atoms with E-state index in [1.807, 2.05) is 0 Å². The third-order valence-electron chi connectivity index (χ3n) is 4.91. The Labute approximate surface area is 189 Å². The van der Waals surface area contributed by atoms with Crippen molar-refractivity contribution < 1.29 is 39.2 Å². The number of ketones is 4. The average molecular weight is 414 g/mol. The normalized spacial score (nSPS) is 21.6. The Hall–Kier alpha value is -2.00. The van der Waals surface area contributed by atoms with Gasteiger partial charge in [0.1, 0.15) is 45.7 Å². The number of aromatic hydroxyl groups is 2. The van der Waals surface area contributed by atoms with E-state index in [2.05, 4.69) is 0 Å². The van der Waals surface area contributed by atoms with E-state index in [1.165, 1.54) is 20.8 Å². The number of phenolic OH excluding ortho intramolecular Hbond substituents is 2. The Morgan fingerprint density at radius 1 is 1.17 bits per heavy atom. The van der Waals surface area contributed by atoms with Gasteiger partial charge < -0.3 is 20.1 Å². The molecule has 8 nitrogen and oxygen atoms in total. The van der Waals surface area contributed by atoms with Crippen LogP contribution in [0.4, 0.5) is 0 Å². The quantitative estimate of drug-likeness (QED) is 0.368. The summed E-state index contributed by atoms with van der Waals surface area (Å²) in [5.74, 6) is -5.15. The van der Waals surface area contributed by atoms with Gasteiger partial charge in [0.05, 0.1) is 5.56 Å². The van der Waals surface area contributed by atoms with Crippen LogP contribution in [0.25, 0.3) is 0 Å². The summed E-state index contributed by atoms with van der Waals surface area (Å²) in [6.07, 6.45) is 1.04. The van der Waals surface area contributed by atoms with Crippen molar-refractivity contribution in [1.29, 1.82) is 0 Å². The van der Waals surface area contributed by atoms with Gasteiger partial charge in [-0.1, -0.05) is 0 Å². The van der Waals surface area contributed by atoms with Crippen LogP contribution >= 0.6 is 0 Å². The van der Waals surface area contributed by atoms with Gasteiger partial charge in [-0.2, -0.15) is 0 Å². The first kappa shape index (κ1) is 25.0. The molecule has 2 unspecified atom stereocenters. The molecule has 29 heavy (non-hydrogen) atoms. The van der Waals surface area contributed by atoms with E-state index in [-0.39, 0.29) is 64.4 Å². The van der Waals surface area contributed by atoms with E-state index in [4.69, 9.17) is 9.84 Å². The van der Waals surface area contributed by atoms with E-state index in [0.29, 0.717) is 0 Å². The Morgan fingerprint density at radius 2 is 1.69 bits per heavy atom. The second kappa shape index (κ2) is 8.79. The molecule has 9 heteroatoms. The predicted molar refractivity (Wildman–Crippen MR) is 105 cm³/mol. The van der Waals surface area contributed by atoms with Gasteiger partial charge in [-0.3, -0.25) is 19.2 Å². The molecule has 1 heterocycles. The van der Waals surface area contributed by atoms with Crippen molar-refractivity contribution >= 4 is 52.7 Å². The van der Waals surface area contributed by atoms with Crippen LogP contribution in [0.3, 0.4) is 0 Å². The van der Waals surface area contributed by atoms with E-state index in [1.54, 1.807) is 6.92 Å². The van der Waals surface area contributed by atoms with Crippen molar-refractivity contribution in [2.75, 3.05) is 6.61 Å². The summed E-state index contributed by atoms with van der Waals surface area (Å²) in [5, 5.41) is 28.3. The van der Waals surface area contributed by atoms with E-state index in [9.17, 15) is 29.4 Å². The van der Waals surface area contributed by atoms with Crippen LogP contribution in [0.2, 0.25) is 0 Å². The molecule has 0 saturated heterocycles. The van der Waals surface area contributed by atoms with Crippen LogP contribution in [0.1, 0.15) is 49.2 Å². The fourth-order valence-corrected chi connectivity index (χ4v) is 3.49. The van der Waals surface area contributed by atoms with Gasteiger partial charge >= 0.3 is 29.6 Å².